The molecular weight excluding hydrogens is 287 g/mol. The molecule has 0 N–H and O–H groups in total. The van der Waals surface area contributed by atoms with Gasteiger partial charge in [-0.25, -0.2) is 0 Å². The summed E-state index contributed by atoms with van der Waals surface area (Å²) in [6.07, 6.45) is 0. The van der Waals surface area contributed by atoms with Crippen LogP contribution in [0.15, 0.2) is 36.4 Å². The van der Waals surface area contributed by atoms with Gasteiger partial charge in [0.2, 0.25) is 0 Å². The maximum absolute atomic E-state index is 6.55. The second-order valence-corrected chi connectivity index (χ2v) is 5.61. The molecule has 0 fully saturated rings. The smallest absolute Gasteiger partial charge is 0.0866 e. The average Bonchev–Trinajstić information content (AvgIpc) is 2.32. The van der Waals surface area contributed by atoms with Gasteiger partial charge in [0.05, 0.1) is 5.38 Å². The Hall–Kier alpha value is -0.690. The minimum Gasteiger partial charge on any atom is -0.112 e. The first-order valence-electron chi connectivity index (χ1n) is 5.66. The van der Waals surface area contributed by atoms with Crippen molar-refractivity contribution in [3.8, 4) is 0 Å². The van der Waals surface area contributed by atoms with E-state index in [0.717, 1.165) is 16.7 Å². The summed E-state index contributed by atoms with van der Waals surface area (Å²) in [6, 6.07) is 11.6. The predicted octanol–water partition coefficient (Wildman–Crippen LogP) is 5.94. The molecule has 0 saturated heterocycles. The Labute approximate surface area is 122 Å². The van der Waals surface area contributed by atoms with Crippen molar-refractivity contribution >= 4 is 34.8 Å². The molecule has 3 heteroatoms. The normalized spacial score (nSPS) is 12.5. The third-order valence-electron chi connectivity index (χ3n) is 2.96. The van der Waals surface area contributed by atoms with Crippen LogP contribution in [0.25, 0.3) is 0 Å². The lowest BCUT2D eigenvalue weighted by Crippen LogP contribution is -1.99. The van der Waals surface area contributed by atoms with Crippen molar-refractivity contribution in [1.82, 2.24) is 0 Å². The summed E-state index contributed by atoms with van der Waals surface area (Å²) in [5.41, 5.74) is 4.13. The number of rotatable bonds is 2. The van der Waals surface area contributed by atoms with Gasteiger partial charge in [-0.2, -0.15) is 0 Å². The number of hydrogen-bond donors (Lipinski definition) is 0. The molecule has 0 bridgehead atoms. The van der Waals surface area contributed by atoms with Gasteiger partial charge < -0.3 is 0 Å². The van der Waals surface area contributed by atoms with Crippen LogP contribution in [0.4, 0.5) is 0 Å². The first-order chi connectivity index (χ1) is 8.50. The van der Waals surface area contributed by atoms with E-state index in [9.17, 15) is 0 Å². The van der Waals surface area contributed by atoms with E-state index in [4.69, 9.17) is 34.8 Å². The zero-order valence-electron chi connectivity index (χ0n) is 10.2. The van der Waals surface area contributed by atoms with Crippen molar-refractivity contribution in [2.45, 2.75) is 19.2 Å². The van der Waals surface area contributed by atoms with E-state index in [0.29, 0.717) is 10.0 Å². The third kappa shape index (κ3) is 2.66. The molecule has 0 aliphatic rings. The molecular formula is C15H13Cl3. The molecule has 1 atom stereocenters. The second kappa shape index (κ2) is 5.52. The monoisotopic (exact) mass is 298 g/mol. The quantitative estimate of drug-likeness (QED) is 0.602. The van der Waals surface area contributed by atoms with Crippen LogP contribution in [0.1, 0.15) is 27.6 Å². The van der Waals surface area contributed by atoms with Crippen molar-refractivity contribution in [1.29, 1.82) is 0 Å². The lowest BCUT2D eigenvalue weighted by Gasteiger charge is -2.16. The highest BCUT2D eigenvalue weighted by atomic mass is 35.5. The SMILES string of the molecule is Cc1ccc(C)c(C(Cl)c2c(Cl)cccc2Cl)c1. The van der Waals surface area contributed by atoms with E-state index < -0.39 is 0 Å². The molecule has 0 aliphatic heterocycles. The van der Waals surface area contributed by atoms with Gasteiger partial charge in [-0.3, -0.25) is 0 Å². The number of aryl methyl sites for hydroxylation is 2. The molecule has 0 amide bonds. The van der Waals surface area contributed by atoms with E-state index >= 15 is 0 Å². The van der Waals surface area contributed by atoms with Gasteiger partial charge in [0.15, 0.2) is 0 Å². The van der Waals surface area contributed by atoms with Crippen LogP contribution in [0, 0.1) is 13.8 Å². The molecule has 0 spiro atoms. The molecule has 0 radical (unpaired) electrons. The van der Waals surface area contributed by atoms with Gasteiger partial charge in [-0.1, -0.05) is 53.0 Å². The molecule has 2 aromatic rings. The van der Waals surface area contributed by atoms with Crippen molar-refractivity contribution in [3.05, 3.63) is 68.7 Å². The molecule has 94 valence electrons. The number of hydrogen-bond acceptors (Lipinski definition) is 0. The Morgan fingerprint density at radius 2 is 1.56 bits per heavy atom. The zero-order valence-corrected chi connectivity index (χ0v) is 12.4. The average molecular weight is 300 g/mol. The van der Waals surface area contributed by atoms with E-state index in [1.807, 2.05) is 32.0 Å². The summed E-state index contributed by atoms with van der Waals surface area (Å²) >= 11 is 18.9. The van der Waals surface area contributed by atoms with E-state index in [1.54, 1.807) is 0 Å². The van der Waals surface area contributed by atoms with Crippen LogP contribution in [0.3, 0.4) is 0 Å². The Bertz CT molecular complexity index is 556. The second-order valence-electron chi connectivity index (χ2n) is 4.36. The molecule has 18 heavy (non-hydrogen) atoms. The highest BCUT2D eigenvalue weighted by Gasteiger charge is 2.19. The summed E-state index contributed by atoms with van der Waals surface area (Å²) in [6.45, 7) is 4.08. The Balaban J connectivity index is 2.54. The fourth-order valence-electron chi connectivity index (χ4n) is 1.94. The van der Waals surface area contributed by atoms with Gasteiger partial charge in [0.25, 0.3) is 0 Å². The minimum atomic E-state index is -0.328. The van der Waals surface area contributed by atoms with Gasteiger partial charge in [-0.05, 0) is 37.1 Å². The summed E-state index contributed by atoms with van der Waals surface area (Å²) in [4.78, 5) is 0. The highest BCUT2D eigenvalue weighted by Crippen LogP contribution is 2.39. The van der Waals surface area contributed by atoms with Gasteiger partial charge in [0, 0.05) is 15.6 Å². The lowest BCUT2D eigenvalue weighted by atomic mass is 9.98. The van der Waals surface area contributed by atoms with E-state index in [2.05, 4.69) is 18.2 Å². The van der Waals surface area contributed by atoms with Gasteiger partial charge in [-0.15, -0.1) is 11.6 Å². The summed E-state index contributed by atoms with van der Waals surface area (Å²) in [5.74, 6) is 0. The molecule has 0 nitrogen and oxygen atoms in total. The maximum atomic E-state index is 6.55. The fourth-order valence-corrected chi connectivity index (χ4v) is 3.14. The Morgan fingerprint density at radius 1 is 0.944 bits per heavy atom. The first-order valence-corrected chi connectivity index (χ1v) is 6.85. The summed E-state index contributed by atoms with van der Waals surface area (Å²) < 4.78 is 0. The van der Waals surface area contributed by atoms with Crippen molar-refractivity contribution < 1.29 is 0 Å². The highest BCUT2D eigenvalue weighted by molar-refractivity contribution is 6.38. The molecule has 0 aliphatic carbocycles. The van der Waals surface area contributed by atoms with Crippen LogP contribution in [-0.4, -0.2) is 0 Å². The molecule has 0 heterocycles. The zero-order chi connectivity index (χ0) is 13.3. The topological polar surface area (TPSA) is 0 Å². The first kappa shape index (κ1) is 13.7. The Morgan fingerprint density at radius 3 is 2.17 bits per heavy atom. The van der Waals surface area contributed by atoms with Crippen LogP contribution in [-0.2, 0) is 0 Å². The van der Waals surface area contributed by atoms with Gasteiger partial charge in [0.1, 0.15) is 0 Å². The fraction of sp³-hybridized carbons (Fsp3) is 0.200. The maximum Gasteiger partial charge on any atom is 0.0866 e. The van der Waals surface area contributed by atoms with Crippen LogP contribution >= 0.6 is 34.8 Å². The van der Waals surface area contributed by atoms with Gasteiger partial charge >= 0.3 is 0 Å². The van der Waals surface area contributed by atoms with Crippen LogP contribution in [0.2, 0.25) is 10.0 Å². The number of benzene rings is 2. The predicted molar refractivity (Wildman–Crippen MR) is 80.1 cm³/mol. The van der Waals surface area contributed by atoms with Crippen molar-refractivity contribution in [3.63, 3.8) is 0 Å². The molecule has 1 unspecified atom stereocenters. The molecule has 2 aromatic carbocycles. The van der Waals surface area contributed by atoms with Crippen molar-refractivity contribution in [2.75, 3.05) is 0 Å². The summed E-state index contributed by atoms with van der Waals surface area (Å²) in [7, 11) is 0. The minimum absolute atomic E-state index is 0.328. The number of alkyl halides is 1. The number of halogens is 3. The van der Waals surface area contributed by atoms with E-state index in [-0.39, 0.29) is 5.38 Å². The largest absolute Gasteiger partial charge is 0.112 e. The summed E-state index contributed by atoms with van der Waals surface area (Å²) in [5, 5.41) is 0.873. The molecule has 0 aromatic heterocycles. The Kier molecular flexibility index (Phi) is 4.21. The van der Waals surface area contributed by atoms with Crippen LogP contribution < -0.4 is 0 Å². The molecule has 0 saturated carbocycles. The third-order valence-corrected chi connectivity index (χ3v) is 4.07. The van der Waals surface area contributed by atoms with Crippen LogP contribution in [0.5, 0.6) is 0 Å². The standard InChI is InChI=1S/C15H13Cl3/c1-9-6-7-10(2)11(8-9)15(18)14-12(16)4-3-5-13(14)17/h3-8,15H,1-2H3. The molecule has 2 rings (SSSR count). The van der Waals surface area contributed by atoms with E-state index in [1.165, 1.54) is 5.56 Å². The lowest BCUT2D eigenvalue weighted by molar-refractivity contribution is 1.10. The van der Waals surface area contributed by atoms with Crippen molar-refractivity contribution in [2.24, 2.45) is 0 Å².